The number of rotatable bonds is 5. The van der Waals surface area contributed by atoms with E-state index in [4.69, 9.17) is 9.84 Å². The molecule has 1 aliphatic rings. The summed E-state index contributed by atoms with van der Waals surface area (Å²) in [5.74, 6) is -1.08. The number of nitrogens with one attached hydrogen (secondary N) is 2. The Morgan fingerprint density at radius 3 is 2.80 bits per heavy atom. The van der Waals surface area contributed by atoms with Crippen LogP contribution in [0.5, 0.6) is 5.75 Å². The summed E-state index contributed by atoms with van der Waals surface area (Å²) in [5, 5.41) is 23.5. The minimum absolute atomic E-state index is 0.284. The molecule has 1 heterocycles. The van der Waals surface area contributed by atoms with Gasteiger partial charge in [0.25, 0.3) is 0 Å². The van der Waals surface area contributed by atoms with Crippen LogP contribution in [0, 0.1) is 0 Å². The van der Waals surface area contributed by atoms with Crippen LogP contribution in [0.1, 0.15) is 6.42 Å². The molecule has 1 aromatic carbocycles. The predicted octanol–water partition coefficient (Wildman–Crippen LogP) is -0.189. The van der Waals surface area contributed by atoms with E-state index in [1.54, 1.807) is 24.3 Å². The van der Waals surface area contributed by atoms with Gasteiger partial charge in [-0.05, 0) is 18.6 Å². The minimum atomic E-state index is -1.09. The Balaban J connectivity index is 2.01. The maximum absolute atomic E-state index is 12.0. The number of para-hydroxylation sites is 2. The maximum Gasteiger partial charge on any atom is 0.341 e. The van der Waals surface area contributed by atoms with Crippen LogP contribution in [0.2, 0.25) is 0 Å². The zero-order chi connectivity index (χ0) is 14.5. The molecule has 0 radical (unpaired) electrons. The molecule has 2 rings (SSSR count). The molecule has 0 bridgehead atoms. The number of aliphatic hydroxyl groups is 1. The number of carboxylic acid groups (broad SMARTS) is 1. The molecular formula is C13H16N2O5. The maximum atomic E-state index is 12.0. The number of carboxylic acids is 1. The summed E-state index contributed by atoms with van der Waals surface area (Å²) in [6, 6.07) is 6.14. The average Bonchev–Trinajstić information content (AvgIpc) is 2.84. The van der Waals surface area contributed by atoms with Crippen LogP contribution < -0.4 is 15.4 Å². The molecule has 108 valence electrons. The lowest BCUT2D eigenvalue weighted by Crippen LogP contribution is -2.35. The summed E-state index contributed by atoms with van der Waals surface area (Å²) in [4.78, 5) is 22.5. The summed E-state index contributed by atoms with van der Waals surface area (Å²) in [6.45, 7) is -0.0947. The Labute approximate surface area is 115 Å². The number of carbonyl (C=O) groups is 2. The van der Waals surface area contributed by atoms with E-state index in [-0.39, 0.29) is 5.91 Å². The van der Waals surface area contributed by atoms with E-state index < -0.39 is 24.7 Å². The smallest absolute Gasteiger partial charge is 0.341 e. The molecule has 0 aromatic heterocycles. The number of carbonyl (C=O) groups excluding carboxylic acids is 1. The largest absolute Gasteiger partial charge is 0.480 e. The number of aliphatic carboxylic acids is 1. The lowest BCUT2D eigenvalue weighted by atomic mass is 10.2. The van der Waals surface area contributed by atoms with E-state index in [0.29, 0.717) is 24.4 Å². The van der Waals surface area contributed by atoms with Gasteiger partial charge in [-0.1, -0.05) is 12.1 Å². The number of anilines is 1. The standard InChI is InChI=1S/C13H16N2O5/c16-8-5-10(14-6-8)13(19)15-9-3-1-2-4-11(9)20-7-12(17)18/h1-4,8,10,14,16H,5-7H2,(H,15,19)(H,17,18). The van der Waals surface area contributed by atoms with Gasteiger partial charge in [0.1, 0.15) is 5.75 Å². The van der Waals surface area contributed by atoms with E-state index in [1.807, 2.05) is 0 Å². The lowest BCUT2D eigenvalue weighted by Gasteiger charge is -2.14. The number of aliphatic hydroxyl groups excluding tert-OH is 1. The highest BCUT2D eigenvalue weighted by atomic mass is 16.5. The van der Waals surface area contributed by atoms with Crippen molar-refractivity contribution in [2.24, 2.45) is 0 Å². The highest BCUT2D eigenvalue weighted by Crippen LogP contribution is 2.24. The Kier molecular flexibility index (Phi) is 4.54. The third-order valence-electron chi connectivity index (χ3n) is 2.92. The number of ether oxygens (including phenoxy) is 1. The number of β-amino-alcohol motifs (C(OH)–C–C–N with tert-alkyl or cyclic N) is 1. The topological polar surface area (TPSA) is 108 Å². The van der Waals surface area contributed by atoms with Gasteiger partial charge in [0.2, 0.25) is 5.91 Å². The fourth-order valence-corrected chi connectivity index (χ4v) is 1.97. The van der Waals surface area contributed by atoms with Crippen LogP contribution >= 0.6 is 0 Å². The third-order valence-corrected chi connectivity index (χ3v) is 2.92. The first-order chi connectivity index (χ1) is 9.56. The van der Waals surface area contributed by atoms with Gasteiger partial charge in [-0.25, -0.2) is 4.79 Å². The van der Waals surface area contributed by atoms with Gasteiger partial charge < -0.3 is 25.6 Å². The van der Waals surface area contributed by atoms with Gasteiger partial charge in [-0.15, -0.1) is 0 Å². The van der Waals surface area contributed by atoms with Gasteiger partial charge in [0.15, 0.2) is 6.61 Å². The molecule has 0 aliphatic carbocycles. The molecule has 7 heteroatoms. The van der Waals surface area contributed by atoms with Crippen LogP contribution in [0.25, 0.3) is 0 Å². The van der Waals surface area contributed by atoms with E-state index in [1.165, 1.54) is 0 Å². The van der Waals surface area contributed by atoms with E-state index >= 15 is 0 Å². The molecule has 1 saturated heterocycles. The van der Waals surface area contributed by atoms with Crippen molar-refractivity contribution < 1.29 is 24.5 Å². The molecule has 2 unspecified atom stereocenters. The SMILES string of the molecule is O=C(O)COc1ccccc1NC(=O)C1CC(O)CN1. The molecule has 1 aliphatic heterocycles. The molecule has 1 amide bonds. The molecular weight excluding hydrogens is 264 g/mol. The highest BCUT2D eigenvalue weighted by molar-refractivity contribution is 5.96. The zero-order valence-electron chi connectivity index (χ0n) is 10.7. The first-order valence-corrected chi connectivity index (χ1v) is 6.22. The number of amides is 1. The van der Waals surface area contributed by atoms with E-state index in [0.717, 1.165) is 0 Å². The Morgan fingerprint density at radius 2 is 2.15 bits per heavy atom. The van der Waals surface area contributed by atoms with Crippen LogP contribution in [-0.2, 0) is 9.59 Å². The van der Waals surface area contributed by atoms with Gasteiger partial charge in [-0.3, -0.25) is 4.79 Å². The number of hydrogen-bond donors (Lipinski definition) is 4. The fourth-order valence-electron chi connectivity index (χ4n) is 1.97. The van der Waals surface area contributed by atoms with Crippen molar-refractivity contribution in [1.82, 2.24) is 5.32 Å². The number of hydrogen-bond acceptors (Lipinski definition) is 5. The summed E-state index contributed by atoms with van der Waals surface area (Å²) in [7, 11) is 0. The first-order valence-electron chi connectivity index (χ1n) is 6.22. The quantitative estimate of drug-likeness (QED) is 0.595. The molecule has 4 N–H and O–H groups in total. The van der Waals surface area contributed by atoms with Crippen molar-refractivity contribution in [2.75, 3.05) is 18.5 Å². The second kappa shape index (κ2) is 6.36. The van der Waals surface area contributed by atoms with Crippen molar-refractivity contribution in [3.63, 3.8) is 0 Å². The van der Waals surface area contributed by atoms with Crippen LogP contribution in [0.4, 0.5) is 5.69 Å². The Hall–Kier alpha value is -2.12. The summed E-state index contributed by atoms with van der Waals surface area (Å²) in [6.07, 6.45) is -0.173. The summed E-state index contributed by atoms with van der Waals surface area (Å²) < 4.78 is 5.10. The molecule has 20 heavy (non-hydrogen) atoms. The molecule has 0 spiro atoms. The molecule has 1 aromatic rings. The Morgan fingerprint density at radius 1 is 1.40 bits per heavy atom. The zero-order valence-corrected chi connectivity index (χ0v) is 10.7. The molecule has 2 atom stereocenters. The fraction of sp³-hybridized carbons (Fsp3) is 0.385. The lowest BCUT2D eigenvalue weighted by molar-refractivity contribution is -0.139. The predicted molar refractivity (Wildman–Crippen MR) is 70.6 cm³/mol. The second-order valence-corrected chi connectivity index (χ2v) is 4.52. The van der Waals surface area contributed by atoms with Gasteiger partial charge >= 0.3 is 5.97 Å². The Bertz CT molecular complexity index is 505. The molecule has 7 nitrogen and oxygen atoms in total. The minimum Gasteiger partial charge on any atom is -0.480 e. The van der Waals surface area contributed by atoms with Crippen molar-refractivity contribution in [3.8, 4) is 5.75 Å². The van der Waals surface area contributed by atoms with Crippen LogP contribution in [0.15, 0.2) is 24.3 Å². The average molecular weight is 280 g/mol. The van der Waals surface area contributed by atoms with Crippen molar-refractivity contribution in [1.29, 1.82) is 0 Å². The summed E-state index contributed by atoms with van der Waals surface area (Å²) >= 11 is 0. The van der Waals surface area contributed by atoms with Gasteiger partial charge in [-0.2, -0.15) is 0 Å². The molecule has 1 fully saturated rings. The van der Waals surface area contributed by atoms with Crippen molar-refractivity contribution >= 4 is 17.6 Å². The van der Waals surface area contributed by atoms with Gasteiger partial charge in [0.05, 0.1) is 17.8 Å². The van der Waals surface area contributed by atoms with Crippen molar-refractivity contribution in [3.05, 3.63) is 24.3 Å². The highest BCUT2D eigenvalue weighted by Gasteiger charge is 2.28. The molecule has 0 saturated carbocycles. The first kappa shape index (κ1) is 14.3. The van der Waals surface area contributed by atoms with Crippen LogP contribution in [0.3, 0.4) is 0 Å². The van der Waals surface area contributed by atoms with Crippen LogP contribution in [-0.4, -0.2) is 47.4 Å². The monoisotopic (exact) mass is 280 g/mol. The van der Waals surface area contributed by atoms with E-state index in [2.05, 4.69) is 10.6 Å². The van der Waals surface area contributed by atoms with Gasteiger partial charge in [0, 0.05) is 6.54 Å². The number of benzene rings is 1. The third kappa shape index (κ3) is 3.69. The second-order valence-electron chi connectivity index (χ2n) is 4.52. The van der Waals surface area contributed by atoms with Crippen molar-refractivity contribution in [2.45, 2.75) is 18.6 Å². The normalized spacial score (nSPS) is 21.4. The van der Waals surface area contributed by atoms with E-state index in [9.17, 15) is 14.7 Å². The summed E-state index contributed by atoms with van der Waals surface area (Å²) in [5.41, 5.74) is 0.405.